The normalized spacial score (nSPS) is 18.3. The van der Waals surface area contributed by atoms with Gasteiger partial charge in [-0.1, -0.05) is 18.2 Å². The van der Waals surface area contributed by atoms with Crippen molar-refractivity contribution in [2.75, 3.05) is 20.3 Å². The van der Waals surface area contributed by atoms with Crippen molar-refractivity contribution in [2.45, 2.75) is 38.1 Å². The predicted molar refractivity (Wildman–Crippen MR) is 99.9 cm³/mol. The molecule has 2 atom stereocenters. The Morgan fingerprint density at radius 1 is 1.00 bits per heavy atom. The third-order valence-electron chi connectivity index (χ3n) is 5.09. The van der Waals surface area contributed by atoms with Crippen LogP contribution in [0.4, 0.5) is 0 Å². The van der Waals surface area contributed by atoms with E-state index in [0.29, 0.717) is 35.5 Å². The van der Waals surface area contributed by atoms with Crippen molar-refractivity contribution in [3.63, 3.8) is 0 Å². The molecule has 6 heteroatoms. The van der Waals surface area contributed by atoms with E-state index < -0.39 is 6.10 Å². The summed E-state index contributed by atoms with van der Waals surface area (Å²) in [6.07, 6.45) is 0.950. The van der Waals surface area contributed by atoms with Crippen LogP contribution in [0.3, 0.4) is 0 Å². The van der Waals surface area contributed by atoms with E-state index >= 15 is 0 Å². The van der Waals surface area contributed by atoms with Crippen LogP contribution < -0.4 is 9.47 Å². The molecule has 0 aliphatic carbocycles. The maximum atomic E-state index is 10.1. The molecule has 2 aromatic rings. The van der Waals surface area contributed by atoms with E-state index in [4.69, 9.17) is 14.6 Å². The average molecular weight is 374 g/mol. The van der Waals surface area contributed by atoms with Gasteiger partial charge in [0, 0.05) is 12.2 Å². The molecule has 6 nitrogen and oxygen atoms in total. The highest BCUT2D eigenvalue weighted by Crippen LogP contribution is 2.50. The van der Waals surface area contributed by atoms with Crippen LogP contribution in [0, 0.1) is 0 Å². The number of benzene rings is 2. The molecule has 0 saturated heterocycles. The molecule has 0 bridgehead atoms. The van der Waals surface area contributed by atoms with Gasteiger partial charge in [0.05, 0.1) is 32.8 Å². The number of aliphatic hydroxyl groups is 4. The first kappa shape index (κ1) is 19.6. The van der Waals surface area contributed by atoms with Crippen LogP contribution in [0.25, 0.3) is 0 Å². The molecule has 27 heavy (non-hydrogen) atoms. The fraction of sp³-hybridized carbons (Fsp3) is 0.429. The molecular formula is C21H26O6. The Kier molecular flexibility index (Phi) is 6.34. The zero-order valence-corrected chi connectivity index (χ0v) is 15.4. The number of rotatable bonds is 8. The fourth-order valence-corrected chi connectivity index (χ4v) is 3.65. The van der Waals surface area contributed by atoms with Crippen LogP contribution in [-0.4, -0.2) is 40.7 Å². The van der Waals surface area contributed by atoms with E-state index in [-0.39, 0.29) is 32.3 Å². The van der Waals surface area contributed by atoms with Crippen molar-refractivity contribution in [1.82, 2.24) is 0 Å². The standard InChI is InChI=1S/C21H26O6/c1-26-19-8-13(3-2-6-22)7-17-18(12-25)20(27-21(17)19)14-4-5-15(10-23)16(9-14)11-24/h4-5,7-9,18,20,22-25H,2-3,6,10-12H2,1H3/t18-,20+/m0/s1. The lowest BCUT2D eigenvalue weighted by Crippen LogP contribution is -2.14. The summed E-state index contributed by atoms with van der Waals surface area (Å²) in [6.45, 7) is -0.307. The minimum absolute atomic E-state index is 0.0967. The molecule has 0 unspecified atom stereocenters. The maximum absolute atomic E-state index is 10.1. The van der Waals surface area contributed by atoms with Gasteiger partial charge in [0.1, 0.15) is 6.10 Å². The number of methoxy groups -OCH3 is 1. The van der Waals surface area contributed by atoms with Gasteiger partial charge in [-0.2, -0.15) is 0 Å². The Bertz CT molecular complexity index is 788. The molecule has 1 aliphatic rings. The molecular weight excluding hydrogens is 348 g/mol. The highest BCUT2D eigenvalue weighted by Gasteiger charge is 2.37. The lowest BCUT2D eigenvalue weighted by Gasteiger charge is -2.19. The molecule has 0 amide bonds. The van der Waals surface area contributed by atoms with E-state index in [1.807, 2.05) is 24.3 Å². The minimum atomic E-state index is -0.412. The number of hydrogen-bond donors (Lipinski definition) is 4. The minimum Gasteiger partial charge on any atom is -0.493 e. The van der Waals surface area contributed by atoms with Crippen LogP contribution in [0.2, 0.25) is 0 Å². The molecule has 1 aliphatic heterocycles. The van der Waals surface area contributed by atoms with E-state index in [1.54, 1.807) is 13.2 Å². The first-order valence-corrected chi connectivity index (χ1v) is 9.09. The maximum Gasteiger partial charge on any atom is 0.165 e. The Hall–Kier alpha value is -2.12. The summed E-state index contributed by atoms with van der Waals surface area (Å²) in [5.41, 5.74) is 4.04. The van der Waals surface area contributed by atoms with Gasteiger partial charge in [-0.05, 0) is 47.2 Å². The van der Waals surface area contributed by atoms with Crippen LogP contribution in [-0.2, 0) is 19.6 Å². The zero-order valence-electron chi connectivity index (χ0n) is 15.4. The summed E-state index contributed by atoms with van der Waals surface area (Å²) in [5, 5.41) is 38.1. The predicted octanol–water partition coefficient (Wildman–Crippen LogP) is 1.81. The molecule has 0 fully saturated rings. The molecule has 146 valence electrons. The van der Waals surface area contributed by atoms with E-state index in [1.165, 1.54) is 0 Å². The molecule has 0 spiro atoms. The first-order chi connectivity index (χ1) is 13.2. The van der Waals surface area contributed by atoms with Gasteiger partial charge >= 0.3 is 0 Å². The van der Waals surface area contributed by atoms with Crippen LogP contribution in [0.1, 0.15) is 46.3 Å². The van der Waals surface area contributed by atoms with Gasteiger partial charge in [-0.15, -0.1) is 0 Å². The quantitative estimate of drug-likeness (QED) is 0.563. The van der Waals surface area contributed by atoms with Crippen molar-refractivity contribution in [2.24, 2.45) is 0 Å². The summed E-state index contributed by atoms with van der Waals surface area (Å²) in [4.78, 5) is 0. The second-order valence-electron chi connectivity index (χ2n) is 6.72. The van der Waals surface area contributed by atoms with E-state index in [9.17, 15) is 15.3 Å². The van der Waals surface area contributed by atoms with Crippen molar-refractivity contribution >= 4 is 0 Å². The number of aryl methyl sites for hydroxylation is 1. The number of ether oxygens (including phenoxy) is 2. The summed E-state index contributed by atoms with van der Waals surface area (Å²) in [7, 11) is 1.58. The Balaban J connectivity index is 2.00. The summed E-state index contributed by atoms with van der Waals surface area (Å²) >= 11 is 0. The van der Waals surface area contributed by atoms with Crippen molar-refractivity contribution in [3.05, 3.63) is 58.1 Å². The highest BCUT2D eigenvalue weighted by atomic mass is 16.5. The topological polar surface area (TPSA) is 99.4 Å². The monoisotopic (exact) mass is 374 g/mol. The fourth-order valence-electron chi connectivity index (χ4n) is 3.65. The van der Waals surface area contributed by atoms with Gasteiger partial charge in [0.25, 0.3) is 0 Å². The van der Waals surface area contributed by atoms with Crippen molar-refractivity contribution in [3.8, 4) is 11.5 Å². The summed E-state index contributed by atoms with van der Waals surface area (Å²) < 4.78 is 11.7. The SMILES string of the molecule is COc1cc(CCCO)cc2c1O[C@H](c1ccc(CO)c(CO)c1)[C@H]2CO. The van der Waals surface area contributed by atoms with Crippen LogP contribution >= 0.6 is 0 Å². The van der Waals surface area contributed by atoms with Gasteiger partial charge in [0.2, 0.25) is 0 Å². The van der Waals surface area contributed by atoms with E-state index in [2.05, 4.69) is 0 Å². The highest BCUT2D eigenvalue weighted by molar-refractivity contribution is 5.55. The third-order valence-corrected chi connectivity index (χ3v) is 5.09. The molecule has 1 heterocycles. The lowest BCUT2D eigenvalue weighted by molar-refractivity contribution is 0.157. The molecule has 0 aromatic heterocycles. The Morgan fingerprint density at radius 2 is 1.78 bits per heavy atom. The van der Waals surface area contributed by atoms with Gasteiger partial charge in [-0.25, -0.2) is 0 Å². The van der Waals surface area contributed by atoms with Gasteiger partial charge in [0.15, 0.2) is 11.5 Å². The molecule has 0 radical (unpaired) electrons. The molecule has 4 N–H and O–H groups in total. The number of hydrogen-bond acceptors (Lipinski definition) is 6. The average Bonchev–Trinajstić information content (AvgIpc) is 3.09. The summed E-state index contributed by atoms with van der Waals surface area (Å²) in [5.74, 6) is 0.955. The Morgan fingerprint density at radius 3 is 2.41 bits per heavy atom. The van der Waals surface area contributed by atoms with Gasteiger partial charge in [-0.3, -0.25) is 0 Å². The third kappa shape index (κ3) is 3.80. The summed E-state index contributed by atoms with van der Waals surface area (Å²) in [6, 6.07) is 9.33. The van der Waals surface area contributed by atoms with Gasteiger partial charge < -0.3 is 29.9 Å². The van der Waals surface area contributed by atoms with Crippen LogP contribution in [0.5, 0.6) is 11.5 Å². The second-order valence-corrected chi connectivity index (χ2v) is 6.72. The second kappa shape index (κ2) is 8.71. The van der Waals surface area contributed by atoms with Crippen LogP contribution in [0.15, 0.2) is 30.3 Å². The smallest absolute Gasteiger partial charge is 0.165 e. The van der Waals surface area contributed by atoms with Crippen molar-refractivity contribution in [1.29, 1.82) is 0 Å². The van der Waals surface area contributed by atoms with E-state index in [0.717, 1.165) is 16.7 Å². The first-order valence-electron chi connectivity index (χ1n) is 9.09. The largest absolute Gasteiger partial charge is 0.493 e. The number of fused-ring (bicyclic) bond motifs is 1. The number of aliphatic hydroxyl groups excluding tert-OH is 4. The molecule has 2 aromatic carbocycles. The van der Waals surface area contributed by atoms with Crippen molar-refractivity contribution < 1.29 is 29.9 Å². The molecule has 0 saturated carbocycles. The zero-order chi connectivity index (χ0) is 19.4. The lowest BCUT2D eigenvalue weighted by atomic mass is 9.89. The Labute approximate surface area is 158 Å². The molecule has 3 rings (SSSR count).